The Morgan fingerprint density at radius 1 is 1.17 bits per heavy atom. The molecule has 0 radical (unpaired) electrons. The molecule has 18 heavy (non-hydrogen) atoms. The van der Waals surface area contributed by atoms with Crippen molar-refractivity contribution in [1.82, 2.24) is 5.32 Å². The predicted octanol–water partition coefficient (Wildman–Crippen LogP) is 4.38. The van der Waals surface area contributed by atoms with E-state index >= 15 is 0 Å². The highest BCUT2D eigenvalue weighted by molar-refractivity contribution is 4.87. The highest BCUT2D eigenvalue weighted by Crippen LogP contribution is 2.42. The van der Waals surface area contributed by atoms with E-state index in [2.05, 4.69) is 19.2 Å². The van der Waals surface area contributed by atoms with Crippen LogP contribution in [-0.4, -0.2) is 19.3 Å². The van der Waals surface area contributed by atoms with Crippen LogP contribution in [0, 0.1) is 17.8 Å². The van der Waals surface area contributed by atoms with Crippen molar-refractivity contribution in [3.8, 4) is 0 Å². The van der Waals surface area contributed by atoms with Gasteiger partial charge in [0.05, 0.1) is 5.92 Å². The third kappa shape index (κ3) is 3.87. The second kappa shape index (κ2) is 6.78. The third-order valence-electron chi connectivity index (χ3n) is 4.58. The van der Waals surface area contributed by atoms with Crippen LogP contribution in [0.25, 0.3) is 0 Å². The van der Waals surface area contributed by atoms with E-state index in [-0.39, 0.29) is 12.0 Å². The summed E-state index contributed by atoms with van der Waals surface area (Å²) >= 11 is 0. The summed E-state index contributed by atoms with van der Waals surface area (Å²) in [6.45, 7) is 4.26. The fourth-order valence-corrected chi connectivity index (χ4v) is 3.50. The molecule has 1 fully saturated rings. The van der Waals surface area contributed by atoms with Crippen LogP contribution >= 0.6 is 0 Å². The highest BCUT2D eigenvalue weighted by Gasteiger charge is 2.44. The Balaban J connectivity index is 2.69. The standard InChI is InChI=1S/C14H26F3N/c1-4-10(5-2)13(18-3)11-7-6-8-12(9-11)14(15,16)17/h10-13,18H,4-9H2,1-3H3. The smallest absolute Gasteiger partial charge is 0.316 e. The number of halogens is 3. The largest absolute Gasteiger partial charge is 0.391 e. The summed E-state index contributed by atoms with van der Waals surface area (Å²) in [5.41, 5.74) is 0. The van der Waals surface area contributed by atoms with Crippen LogP contribution in [-0.2, 0) is 0 Å². The molecule has 4 heteroatoms. The quantitative estimate of drug-likeness (QED) is 0.778. The van der Waals surface area contributed by atoms with Gasteiger partial charge in [0.15, 0.2) is 0 Å². The summed E-state index contributed by atoms with van der Waals surface area (Å²) in [5.74, 6) is -0.409. The molecule has 0 saturated heterocycles. The van der Waals surface area contributed by atoms with Gasteiger partial charge in [0.2, 0.25) is 0 Å². The van der Waals surface area contributed by atoms with E-state index in [0.717, 1.165) is 19.3 Å². The van der Waals surface area contributed by atoms with Gasteiger partial charge in [-0.3, -0.25) is 0 Å². The molecular formula is C14H26F3N. The first-order valence-electron chi connectivity index (χ1n) is 7.17. The van der Waals surface area contributed by atoms with Crippen LogP contribution in [0.15, 0.2) is 0 Å². The molecular weight excluding hydrogens is 239 g/mol. The normalized spacial score (nSPS) is 27.5. The Hall–Kier alpha value is -0.250. The maximum absolute atomic E-state index is 12.8. The first-order chi connectivity index (χ1) is 8.43. The SMILES string of the molecule is CCC(CC)C(NC)C1CCCC(C(F)(F)F)C1. The molecule has 3 atom stereocenters. The molecule has 1 aliphatic carbocycles. The summed E-state index contributed by atoms with van der Waals surface area (Å²) in [6.07, 6.45) is 0.349. The van der Waals surface area contributed by atoms with Crippen molar-refractivity contribution < 1.29 is 13.2 Å². The Morgan fingerprint density at radius 2 is 1.78 bits per heavy atom. The van der Waals surface area contributed by atoms with Crippen LogP contribution < -0.4 is 5.32 Å². The average Bonchev–Trinajstić information content (AvgIpc) is 2.35. The lowest BCUT2D eigenvalue weighted by Gasteiger charge is -2.38. The van der Waals surface area contributed by atoms with Crippen molar-refractivity contribution in [3.05, 3.63) is 0 Å². The minimum Gasteiger partial charge on any atom is -0.316 e. The molecule has 3 unspecified atom stereocenters. The molecule has 0 aromatic carbocycles. The molecule has 0 bridgehead atoms. The monoisotopic (exact) mass is 265 g/mol. The third-order valence-corrected chi connectivity index (χ3v) is 4.58. The molecule has 1 nitrogen and oxygen atoms in total. The van der Waals surface area contributed by atoms with Crippen LogP contribution in [0.5, 0.6) is 0 Å². The molecule has 1 aliphatic rings. The van der Waals surface area contributed by atoms with Crippen LogP contribution in [0.3, 0.4) is 0 Å². The fourth-order valence-electron chi connectivity index (χ4n) is 3.50. The molecule has 1 N–H and O–H groups in total. The van der Waals surface area contributed by atoms with Crippen molar-refractivity contribution in [2.45, 2.75) is 64.6 Å². The number of nitrogens with one attached hydrogen (secondary N) is 1. The summed E-state index contributed by atoms with van der Waals surface area (Å²) in [5, 5.41) is 3.28. The molecule has 0 aromatic rings. The van der Waals surface area contributed by atoms with Gasteiger partial charge in [-0.1, -0.05) is 33.1 Å². The first kappa shape index (κ1) is 15.8. The Bertz CT molecular complexity index is 236. The van der Waals surface area contributed by atoms with E-state index in [0.29, 0.717) is 25.2 Å². The van der Waals surface area contributed by atoms with E-state index in [1.807, 2.05) is 7.05 Å². The number of rotatable bonds is 5. The van der Waals surface area contributed by atoms with Gasteiger partial charge in [0.25, 0.3) is 0 Å². The van der Waals surface area contributed by atoms with Gasteiger partial charge < -0.3 is 5.32 Å². The fraction of sp³-hybridized carbons (Fsp3) is 1.00. The van der Waals surface area contributed by atoms with Crippen molar-refractivity contribution in [2.24, 2.45) is 17.8 Å². The molecule has 0 amide bonds. The summed E-state index contributed by atoms with van der Waals surface area (Å²) in [7, 11) is 1.89. The van der Waals surface area contributed by atoms with Crippen molar-refractivity contribution >= 4 is 0 Å². The van der Waals surface area contributed by atoms with Crippen molar-refractivity contribution in [3.63, 3.8) is 0 Å². The number of alkyl halides is 3. The maximum atomic E-state index is 12.8. The Morgan fingerprint density at radius 3 is 2.22 bits per heavy atom. The van der Waals surface area contributed by atoms with Gasteiger partial charge in [-0.2, -0.15) is 13.2 Å². The van der Waals surface area contributed by atoms with Gasteiger partial charge in [-0.25, -0.2) is 0 Å². The maximum Gasteiger partial charge on any atom is 0.391 e. The van der Waals surface area contributed by atoms with Crippen LogP contribution in [0.2, 0.25) is 0 Å². The lowest BCUT2D eigenvalue weighted by Crippen LogP contribution is -2.43. The van der Waals surface area contributed by atoms with E-state index in [1.165, 1.54) is 0 Å². The molecule has 1 rings (SSSR count). The van der Waals surface area contributed by atoms with E-state index in [4.69, 9.17) is 0 Å². The zero-order valence-electron chi connectivity index (χ0n) is 11.7. The molecule has 0 aromatic heterocycles. The number of hydrogen-bond acceptors (Lipinski definition) is 1. The topological polar surface area (TPSA) is 12.0 Å². The van der Waals surface area contributed by atoms with Crippen molar-refractivity contribution in [1.29, 1.82) is 0 Å². The van der Waals surface area contributed by atoms with Gasteiger partial charge in [-0.15, -0.1) is 0 Å². The molecule has 108 valence electrons. The lowest BCUT2D eigenvalue weighted by atomic mass is 9.73. The lowest BCUT2D eigenvalue weighted by molar-refractivity contribution is -0.187. The minimum atomic E-state index is -4.01. The van der Waals surface area contributed by atoms with Gasteiger partial charge >= 0.3 is 6.18 Å². The highest BCUT2D eigenvalue weighted by atomic mass is 19.4. The van der Waals surface area contributed by atoms with Gasteiger partial charge in [0.1, 0.15) is 0 Å². The summed E-state index contributed by atoms with van der Waals surface area (Å²) < 4.78 is 38.5. The molecule has 0 heterocycles. The van der Waals surface area contributed by atoms with Gasteiger partial charge in [0, 0.05) is 6.04 Å². The van der Waals surface area contributed by atoms with E-state index < -0.39 is 12.1 Å². The first-order valence-corrected chi connectivity index (χ1v) is 7.17. The molecule has 0 aliphatic heterocycles. The zero-order valence-corrected chi connectivity index (χ0v) is 11.7. The second-order valence-electron chi connectivity index (χ2n) is 5.56. The van der Waals surface area contributed by atoms with Crippen molar-refractivity contribution in [2.75, 3.05) is 7.05 Å². The summed E-state index contributed by atoms with van der Waals surface area (Å²) in [4.78, 5) is 0. The average molecular weight is 265 g/mol. The van der Waals surface area contributed by atoms with Crippen LogP contribution in [0.4, 0.5) is 13.2 Å². The zero-order chi connectivity index (χ0) is 13.8. The second-order valence-corrected chi connectivity index (χ2v) is 5.56. The van der Waals surface area contributed by atoms with Crippen LogP contribution in [0.1, 0.15) is 52.4 Å². The molecule has 0 spiro atoms. The Labute approximate surface area is 109 Å². The molecule has 1 saturated carbocycles. The predicted molar refractivity (Wildman–Crippen MR) is 68.4 cm³/mol. The Kier molecular flexibility index (Phi) is 5.96. The number of hydrogen-bond donors (Lipinski definition) is 1. The summed E-state index contributed by atoms with van der Waals surface area (Å²) in [6, 6.07) is 0.241. The van der Waals surface area contributed by atoms with E-state index in [1.54, 1.807) is 0 Å². The minimum absolute atomic E-state index is 0.181. The van der Waals surface area contributed by atoms with E-state index in [9.17, 15) is 13.2 Å². The van der Waals surface area contributed by atoms with Gasteiger partial charge in [-0.05, 0) is 38.1 Å².